The summed E-state index contributed by atoms with van der Waals surface area (Å²) >= 11 is 0. The second-order valence-corrected chi connectivity index (χ2v) is 5.21. The van der Waals surface area contributed by atoms with Gasteiger partial charge in [0.05, 0.1) is 0 Å². The molecule has 0 aromatic heterocycles. The number of nitrogens with one attached hydrogen (secondary N) is 1. The highest BCUT2D eigenvalue weighted by atomic mass is 16.4. The molecule has 6 nitrogen and oxygen atoms in total. The summed E-state index contributed by atoms with van der Waals surface area (Å²) in [7, 11) is 5.60. The van der Waals surface area contributed by atoms with Gasteiger partial charge in [0.2, 0.25) is 0 Å². The van der Waals surface area contributed by atoms with Crippen molar-refractivity contribution in [3.05, 3.63) is 35.9 Å². The van der Waals surface area contributed by atoms with Crippen molar-refractivity contribution < 1.29 is 14.7 Å². The molecule has 6 heteroatoms. The molecular formula is C15H23N3O3. The van der Waals surface area contributed by atoms with Crippen LogP contribution >= 0.6 is 0 Å². The van der Waals surface area contributed by atoms with Gasteiger partial charge in [0.25, 0.3) is 0 Å². The average Bonchev–Trinajstić information content (AvgIpc) is 2.44. The van der Waals surface area contributed by atoms with Crippen LogP contribution in [-0.4, -0.2) is 61.1 Å². The third-order valence-corrected chi connectivity index (χ3v) is 3.09. The van der Waals surface area contributed by atoms with E-state index in [1.807, 2.05) is 19.0 Å². The number of aliphatic carboxylic acids is 1. The first kappa shape index (κ1) is 17.0. The number of carboxylic acid groups (broad SMARTS) is 1. The highest BCUT2D eigenvalue weighted by Gasteiger charge is 2.23. The predicted molar refractivity (Wildman–Crippen MR) is 81.2 cm³/mol. The Morgan fingerprint density at radius 3 is 2.29 bits per heavy atom. The highest BCUT2D eigenvalue weighted by Crippen LogP contribution is 2.13. The molecule has 1 aromatic carbocycles. The van der Waals surface area contributed by atoms with Gasteiger partial charge in [-0.2, -0.15) is 0 Å². The van der Waals surface area contributed by atoms with Gasteiger partial charge in [0.15, 0.2) is 6.04 Å². The molecule has 0 unspecified atom stereocenters. The Morgan fingerprint density at radius 1 is 1.14 bits per heavy atom. The van der Waals surface area contributed by atoms with Crippen LogP contribution in [0.4, 0.5) is 4.79 Å². The number of hydrogen-bond donors (Lipinski definition) is 2. The Labute approximate surface area is 125 Å². The second kappa shape index (κ2) is 8.26. The van der Waals surface area contributed by atoms with Gasteiger partial charge in [0.1, 0.15) is 0 Å². The van der Waals surface area contributed by atoms with Crippen molar-refractivity contribution in [3.63, 3.8) is 0 Å². The van der Waals surface area contributed by atoms with Crippen LogP contribution in [0.2, 0.25) is 0 Å². The third-order valence-electron chi connectivity index (χ3n) is 3.09. The van der Waals surface area contributed by atoms with E-state index in [-0.39, 0.29) is 6.03 Å². The first-order chi connectivity index (χ1) is 9.91. The quantitative estimate of drug-likeness (QED) is 0.797. The lowest BCUT2D eigenvalue weighted by Crippen LogP contribution is -2.42. The van der Waals surface area contributed by atoms with E-state index in [0.29, 0.717) is 12.1 Å². The van der Waals surface area contributed by atoms with Gasteiger partial charge < -0.3 is 20.2 Å². The summed E-state index contributed by atoms with van der Waals surface area (Å²) in [4.78, 5) is 26.9. The van der Waals surface area contributed by atoms with Gasteiger partial charge in [-0.25, -0.2) is 9.59 Å². The molecule has 0 saturated carbocycles. The number of nitrogens with zero attached hydrogens (tertiary/aromatic N) is 2. The molecule has 21 heavy (non-hydrogen) atoms. The lowest BCUT2D eigenvalue weighted by atomic mass is 10.1. The van der Waals surface area contributed by atoms with Crippen LogP contribution in [-0.2, 0) is 4.79 Å². The summed E-state index contributed by atoms with van der Waals surface area (Å²) in [6, 6.07) is 7.25. The minimum atomic E-state index is -1.07. The third kappa shape index (κ3) is 5.83. The Bertz CT molecular complexity index is 462. The summed E-state index contributed by atoms with van der Waals surface area (Å²) in [5.41, 5.74) is 0.556. The van der Waals surface area contributed by atoms with E-state index in [1.165, 1.54) is 4.90 Å². The molecule has 1 rings (SSSR count). The number of carbonyl (C=O) groups excluding carboxylic acids is 1. The van der Waals surface area contributed by atoms with Gasteiger partial charge in [-0.3, -0.25) is 0 Å². The lowest BCUT2D eigenvalue weighted by molar-refractivity contribution is -0.139. The number of carboxylic acids is 1. The molecule has 1 aromatic rings. The van der Waals surface area contributed by atoms with Crippen LogP contribution in [0.15, 0.2) is 30.3 Å². The molecule has 0 spiro atoms. The van der Waals surface area contributed by atoms with Crippen LogP contribution in [0.1, 0.15) is 18.0 Å². The zero-order valence-electron chi connectivity index (χ0n) is 12.7. The first-order valence-corrected chi connectivity index (χ1v) is 6.86. The van der Waals surface area contributed by atoms with Crippen molar-refractivity contribution in [2.75, 3.05) is 34.2 Å². The number of benzene rings is 1. The van der Waals surface area contributed by atoms with Crippen LogP contribution in [0.5, 0.6) is 0 Å². The van der Waals surface area contributed by atoms with E-state index >= 15 is 0 Å². The summed E-state index contributed by atoms with van der Waals surface area (Å²) < 4.78 is 0. The smallest absolute Gasteiger partial charge is 0.330 e. The van der Waals surface area contributed by atoms with E-state index in [4.69, 9.17) is 0 Å². The minimum Gasteiger partial charge on any atom is -0.479 e. The molecule has 0 fully saturated rings. The zero-order valence-corrected chi connectivity index (χ0v) is 12.7. The Kier molecular flexibility index (Phi) is 6.68. The van der Waals surface area contributed by atoms with Crippen LogP contribution < -0.4 is 5.32 Å². The molecule has 0 aliphatic heterocycles. The Hall–Kier alpha value is -2.08. The Balaban J connectivity index is 2.59. The molecule has 0 saturated heterocycles. The summed E-state index contributed by atoms with van der Waals surface area (Å²) in [5.74, 6) is -1.07. The van der Waals surface area contributed by atoms with E-state index < -0.39 is 12.0 Å². The SMILES string of the molecule is CN(C)CCCN(C)C(=O)N[C@@H](C(=O)O)c1ccccc1. The van der Waals surface area contributed by atoms with Gasteiger partial charge in [0, 0.05) is 13.6 Å². The highest BCUT2D eigenvalue weighted by molar-refractivity contribution is 5.83. The van der Waals surface area contributed by atoms with Crippen LogP contribution in [0.3, 0.4) is 0 Å². The molecule has 0 bridgehead atoms. The predicted octanol–water partition coefficient (Wildman–Crippen LogP) is 1.41. The zero-order chi connectivity index (χ0) is 15.8. The van der Waals surface area contributed by atoms with Crippen molar-refractivity contribution in [2.45, 2.75) is 12.5 Å². The van der Waals surface area contributed by atoms with Gasteiger partial charge in [-0.1, -0.05) is 30.3 Å². The summed E-state index contributed by atoms with van der Waals surface area (Å²) in [6.07, 6.45) is 0.833. The van der Waals surface area contributed by atoms with E-state index in [1.54, 1.807) is 37.4 Å². The Morgan fingerprint density at radius 2 is 1.76 bits per heavy atom. The fraction of sp³-hybridized carbons (Fsp3) is 0.467. The van der Waals surface area contributed by atoms with Gasteiger partial charge in [-0.05, 0) is 32.6 Å². The van der Waals surface area contributed by atoms with Crippen molar-refractivity contribution in [2.24, 2.45) is 0 Å². The van der Waals surface area contributed by atoms with E-state index in [2.05, 4.69) is 5.32 Å². The standard InChI is InChI=1S/C15H23N3O3/c1-17(2)10-7-11-18(3)15(21)16-13(14(19)20)12-8-5-4-6-9-12/h4-6,8-9,13H,7,10-11H2,1-3H3,(H,16,21)(H,19,20)/t13-/m1/s1. The van der Waals surface area contributed by atoms with Crippen molar-refractivity contribution >= 4 is 12.0 Å². The molecule has 0 radical (unpaired) electrons. The molecule has 1 atom stereocenters. The first-order valence-electron chi connectivity index (χ1n) is 6.86. The number of rotatable bonds is 7. The number of urea groups is 1. The molecule has 116 valence electrons. The van der Waals surface area contributed by atoms with Crippen molar-refractivity contribution in [1.29, 1.82) is 0 Å². The van der Waals surface area contributed by atoms with E-state index in [9.17, 15) is 14.7 Å². The number of amides is 2. The fourth-order valence-corrected chi connectivity index (χ4v) is 1.89. The molecule has 0 heterocycles. The second-order valence-electron chi connectivity index (χ2n) is 5.21. The molecule has 0 aliphatic carbocycles. The number of carbonyl (C=O) groups is 2. The molecule has 2 N–H and O–H groups in total. The summed E-state index contributed by atoms with van der Waals surface area (Å²) in [5, 5.41) is 11.8. The normalized spacial score (nSPS) is 12.0. The average molecular weight is 293 g/mol. The maximum Gasteiger partial charge on any atom is 0.330 e. The van der Waals surface area contributed by atoms with Crippen LogP contribution in [0.25, 0.3) is 0 Å². The molecular weight excluding hydrogens is 270 g/mol. The largest absolute Gasteiger partial charge is 0.479 e. The van der Waals surface area contributed by atoms with Gasteiger partial charge in [-0.15, -0.1) is 0 Å². The van der Waals surface area contributed by atoms with Gasteiger partial charge >= 0.3 is 12.0 Å². The van der Waals surface area contributed by atoms with Crippen molar-refractivity contribution in [1.82, 2.24) is 15.1 Å². The van der Waals surface area contributed by atoms with Crippen LogP contribution in [0, 0.1) is 0 Å². The maximum atomic E-state index is 12.0. The van der Waals surface area contributed by atoms with E-state index in [0.717, 1.165) is 13.0 Å². The maximum absolute atomic E-state index is 12.0. The molecule has 2 amide bonds. The van der Waals surface area contributed by atoms with Crippen molar-refractivity contribution in [3.8, 4) is 0 Å². The monoisotopic (exact) mass is 293 g/mol. The molecule has 0 aliphatic rings. The summed E-state index contributed by atoms with van der Waals surface area (Å²) in [6.45, 7) is 1.45. The number of hydrogen-bond acceptors (Lipinski definition) is 3. The lowest BCUT2D eigenvalue weighted by Gasteiger charge is -2.22. The fourth-order valence-electron chi connectivity index (χ4n) is 1.89. The minimum absolute atomic E-state index is 0.384. The topological polar surface area (TPSA) is 72.9 Å².